The van der Waals surface area contributed by atoms with Crippen LogP contribution in [0.4, 0.5) is 10.5 Å². The molecule has 0 spiro atoms. The number of hydrogen-bond donors (Lipinski definition) is 1. The van der Waals surface area contributed by atoms with Gasteiger partial charge in [-0.2, -0.15) is 0 Å². The predicted molar refractivity (Wildman–Crippen MR) is 107 cm³/mol. The molecule has 146 valence electrons. The molecule has 1 aliphatic rings. The number of pyridine rings is 1. The zero-order valence-electron chi connectivity index (χ0n) is 16.6. The van der Waals surface area contributed by atoms with Crippen LogP contribution in [-0.2, 0) is 4.74 Å². The summed E-state index contributed by atoms with van der Waals surface area (Å²) in [5, 5.41) is 1.80. The van der Waals surface area contributed by atoms with Gasteiger partial charge in [-0.05, 0) is 52.5 Å². The molecular formula is C21H29N3O3. The van der Waals surface area contributed by atoms with Crippen LogP contribution in [0.15, 0.2) is 30.6 Å². The number of carbonyl (C=O) groups is 1. The molecule has 0 unspecified atom stereocenters. The second-order valence-corrected chi connectivity index (χ2v) is 8.14. The van der Waals surface area contributed by atoms with Crippen LogP contribution in [0.5, 0.6) is 5.75 Å². The number of anilines is 1. The quantitative estimate of drug-likeness (QED) is 0.872. The Kier molecular flexibility index (Phi) is 5.56. The summed E-state index contributed by atoms with van der Waals surface area (Å²) in [6, 6.07) is 6.10. The summed E-state index contributed by atoms with van der Waals surface area (Å²) >= 11 is 0. The van der Waals surface area contributed by atoms with Gasteiger partial charge in [-0.3, -0.25) is 9.88 Å². The van der Waals surface area contributed by atoms with Crippen LogP contribution in [0, 0.1) is 0 Å². The van der Waals surface area contributed by atoms with Crippen molar-refractivity contribution in [3.63, 3.8) is 0 Å². The van der Waals surface area contributed by atoms with Crippen molar-refractivity contribution < 1.29 is 14.3 Å². The van der Waals surface area contributed by atoms with Crippen LogP contribution in [0.3, 0.4) is 0 Å². The predicted octanol–water partition coefficient (Wildman–Crippen LogP) is 4.25. The van der Waals surface area contributed by atoms with E-state index in [0.29, 0.717) is 5.75 Å². The number of hydrogen-bond acceptors (Lipinski definition) is 5. The van der Waals surface area contributed by atoms with Crippen molar-refractivity contribution in [3.8, 4) is 5.75 Å². The first-order valence-electron chi connectivity index (χ1n) is 9.48. The lowest BCUT2D eigenvalue weighted by molar-refractivity contribution is 0.0557. The van der Waals surface area contributed by atoms with E-state index in [4.69, 9.17) is 15.2 Å². The first kappa shape index (κ1) is 19.4. The molecule has 1 aromatic carbocycles. The number of fused-ring (bicyclic) bond motifs is 1. The molecule has 0 radical (unpaired) electrons. The number of nitrogens with two attached hydrogens (primary N) is 1. The summed E-state index contributed by atoms with van der Waals surface area (Å²) < 4.78 is 11.3. The Balaban J connectivity index is 2.10. The Morgan fingerprint density at radius 1 is 1.19 bits per heavy atom. The van der Waals surface area contributed by atoms with E-state index in [1.807, 2.05) is 39.0 Å². The van der Waals surface area contributed by atoms with Crippen LogP contribution >= 0.6 is 0 Å². The van der Waals surface area contributed by atoms with Gasteiger partial charge in [0.05, 0.1) is 24.4 Å². The smallest absolute Gasteiger partial charge is 0.415 e. The van der Waals surface area contributed by atoms with E-state index in [2.05, 4.69) is 4.98 Å². The Morgan fingerprint density at radius 2 is 1.89 bits per heavy atom. The van der Waals surface area contributed by atoms with E-state index >= 15 is 0 Å². The Morgan fingerprint density at radius 3 is 2.52 bits per heavy atom. The third-order valence-corrected chi connectivity index (χ3v) is 4.90. The molecule has 1 heterocycles. The highest BCUT2D eigenvalue weighted by atomic mass is 16.6. The fraction of sp³-hybridized carbons (Fsp3) is 0.524. The van der Waals surface area contributed by atoms with Crippen molar-refractivity contribution in [1.29, 1.82) is 0 Å². The minimum atomic E-state index is -0.573. The molecule has 0 saturated heterocycles. The summed E-state index contributed by atoms with van der Waals surface area (Å²) in [4.78, 5) is 19.2. The van der Waals surface area contributed by atoms with Gasteiger partial charge in [0.15, 0.2) is 0 Å². The first-order chi connectivity index (χ1) is 12.8. The van der Waals surface area contributed by atoms with Gasteiger partial charge >= 0.3 is 6.09 Å². The van der Waals surface area contributed by atoms with E-state index < -0.39 is 5.60 Å². The maximum atomic E-state index is 13.2. The highest BCUT2D eigenvalue weighted by Crippen LogP contribution is 2.37. The van der Waals surface area contributed by atoms with E-state index in [0.717, 1.165) is 42.1 Å². The number of aromatic nitrogens is 1. The number of carbonyl (C=O) groups excluding carboxylic acids is 1. The second-order valence-electron chi connectivity index (χ2n) is 8.14. The molecule has 6 heteroatoms. The number of rotatable bonds is 3. The summed E-state index contributed by atoms with van der Waals surface area (Å²) in [6.07, 6.45) is 6.62. The highest BCUT2D eigenvalue weighted by molar-refractivity contribution is 6.04. The van der Waals surface area contributed by atoms with Crippen molar-refractivity contribution in [3.05, 3.63) is 30.6 Å². The van der Waals surface area contributed by atoms with Crippen LogP contribution in [0.25, 0.3) is 10.8 Å². The molecule has 1 aliphatic carbocycles. The van der Waals surface area contributed by atoms with Crippen LogP contribution in [0.2, 0.25) is 0 Å². The van der Waals surface area contributed by atoms with Gasteiger partial charge < -0.3 is 15.2 Å². The number of methoxy groups -OCH3 is 1. The van der Waals surface area contributed by atoms with E-state index in [1.54, 1.807) is 24.4 Å². The number of ether oxygens (including phenoxy) is 2. The van der Waals surface area contributed by atoms with Gasteiger partial charge in [-0.25, -0.2) is 4.79 Å². The summed E-state index contributed by atoms with van der Waals surface area (Å²) in [6.45, 7) is 5.65. The fourth-order valence-electron chi connectivity index (χ4n) is 3.65. The van der Waals surface area contributed by atoms with Crippen LogP contribution in [-0.4, -0.2) is 35.9 Å². The lowest BCUT2D eigenvalue weighted by atomic mass is 9.90. The number of amides is 1. The van der Waals surface area contributed by atoms with Crippen molar-refractivity contribution in [1.82, 2.24) is 4.98 Å². The minimum Gasteiger partial charge on any atom is -0.494 e. The van der Waals surface area contributed by atoms with E-state index in [-0.39, 0.29) is 18.2 Å². The topological polar surface area (TPSA) is 77.7 Å². The van der Waals surface area contributed by atoms with Crippen LogP contribution < -0.4 is 15.4 Å². The number of benzene rings is 1. The summed E-state index contributed by atoms with van der Waals surface area (Å²) in [5.74, 6) is 0.643. The molecule has 27 heavy (non-hydrogen) atoms. The molecule has 0 aliphatic heterocycles. The lowest BCUT2D eigenvalue weighted by Gasteiger charge is -2.37. The molecule has 1 amide bonds. The Hall–Kier alpha value is -2.34. The third-order valence-electron chi connectivity index (χ3n) is 4.90. The Bertz CT molecular complexity index is 803. The molecule has 3 rings (SSSR count). The van der Waals surface area contributed by atoms with Crippen molar-refractivity contribution >= 4 is 22.6 Å². The highest BCUT2D eigenvalue weighted by Gasteiger charge is 2.33. The zero-order chi connectivity index (χ0) is 19.6. The molecule has 2 aromatic rings. The minimum absolute atomic E-state index is 0.0446. The maximum absolute atomic E-state index is 13.2. The molecule has 1 aromatic heterocycles. The van der Waals surface area contributed by atoms with E-state index in [9.17, 15) is 4.79 Å². The SMILES string of the molecule is COc1cncc2cccc(N(C(=O)OC(C)(C)C)C3CCC(N)CC3)c12. The van der Waals surface area contributed by atoms with Crippen molar-refractivity contribution in [2.75, 3.05) is 12.0 Å². The van der Waals surface area contributed by atoms with E-state index in [1.165, 1.54) is 0 Å². The maximum Gasteiger partial charge on any atom is 0.415 e. The first-order valence-corrected chi connectivity index (χ1v) is 9.48. The monoisotopic (exact) mass is 371 g/mol. The molecule has 1 fully saturated rings. The van der Waals surface area contributed by atoms with Gasteiger partial charge in [0.1, 0.15) is 11.4 Å². The second kappa shape index (κ2) is 7.72. The van der Waals surface area contributed by atoms with Crippen LogP contribution in [0.1, 0.15) is 46.5 Å². The van der Waals surface area contributed by atoms with Gasteiger partial charge in [0, 0.05) is 23.7 Å². The van der Waals surface area contributed by atoms with Gasteiger partial charge in [-0.15, -0.1) is 0 Å². The fourth-order valence-corrected chi connectivity index (χ4v) is 3.65. The average Bonchev–Trinajstić information content (AvgIpc) is 2.61. The molecule has 6 nitrogen and oxygen atoms in total. The molecule has 0 atom stereocenters. The average molecular weight is 371 g/mol. The van der Waals surface area contributed by atoms with Gasteiger partial charge in [-0.1, -0.05) is 12.1 Å². The molecule has 2 N–H and O–H groups in total. The number of nitrogens with zero attached hydrogens (tertiary/aromatic N) is 2. The largest absolute Gasteiger partial charge is 0.494 e. The molecule has 1 saturated carbocycles. The normalized spacial score (nSPS) is 20.3. The standard InChI is InChI=1S/C21H29N3O3/c1-21(2,3)27-20(25)24(16-10-8-15(22)9-11-16)17-7-5-6-14-12-23-13-18(26-4)19(14)17/h5-7,12-13,15-16H,8-11,22H2,1-4H3. The van der Waals surface area contributed by atoms with Crippen molar-refractivity contribution in [2.45, 2.75) is 64.1 Å². The summed E-state index contributed by atoms with van der Waals surface area (Å²) in [7, 11) is 1.62. The van der Waals surface area contributed by atoms with Crippen molar-refractivity contribution in [2.24, 2.45) is 5.73 Å². The zero-order valence-corrected chi connectivity index (χ0v) is 16.6. The summed E-state index contributed by atoms with van der Waals surface area (Å²) in [5.41, 5.74) is 6.31. The Labute approximate surface area is 160 Å². The molecular weight excluding hydrogens is 342 g/mol. The molecule has 0 bridgehead atoms. The van der Waals surface area contributed by atoms with Gasteiger partial charge in [0.2, 0.25) is 0 Å². The third kappa shape index (κ3) is 4.33. The lowest BCUT2D eigenvalue weighted by Crippen LogP contribution is -2.46. The van der Waals surface area contributed by atoms with Gasteiger partial charge in [0.25, 0.3) is 0 Å².